The molecule has 0 amide bonds. The molecule has 1 saturated heterocycles. The lowest BCUT2D eigenvalue weighted by atomic mass is 9.47. The average molecular weight is 471 g/mol. The summed E-state index contributed by atoms with van der Waals surface area (Å²) in [6.07, 6.45) is 22.0. The highest BCUT2D eigenvalue weighted by molar-refractivity contribution is 5.25. The quantitative estimate of drug-likeness (QED) is 0.346. The second kappa shape index (κ2) is 10.2. The molecular formula is C32H54O2. The van der Waals surface area contributed by atoms with Crippen LogP contribution in [0.2, 0.25) is 0 Å². The minimum atomic E-state index is 0.0633. The Labute approximate surface area is 211 Å². The van der Waals surface area contributed by atoms with Crippen molar-refractivity contribution >= 4 is 0 Å². The van der Waals surface area contributed by atoms with Crippen LogP contribution in [0.25, 0.3) is 0 Å². The van der Waals surface area contributed by atoms with Crippen LogP contribution in [0.1, 0.15) is 125 Å². The molecular weight excluding hydrogens is 416 g/mol. The van der Waals surface area contributed by atoms with E-state index in [1.54, 1.807) is 5.57 Å². The molecule has 9 atom stereocenters. The Kier molecular flexibility index (Phi) is 7.59. The largest absolute Gasteiger partial charge is 0.353 e. The van der Waals surface area contributed by atoms with Crippen molar-refractivity contribution in [2.24, 2.45) is 46.3 Å². The first kappa shape index (κ1) is 25.3. The third kappa shape index (κ3) is 4.69. The SMILES string of the molecule is CC(C)CCC[C@H](C)[C@@H]1CC[C@@H]2[C@H]3CC=C4C[C@@H](O[C@H]5CCCCO5)CC[C@]4(C)[C@@H]3CC[C@@]21C. The molecule has 194 valence electrons. The Bertz CT molecular complexity index is 721. The number of rotatable bonds is 7. The zero-order chi connectivity index (χ0) is 23.9. The van der Waals surface area contributed by atoms with Crippen LogP contribution in [0.4, 0.5) is 0 Å². The zero-order valence-electron chi connectivity index (χ0n) is 23.1. The minimum absolute atomic E-state index is 0.0633. The van der Waals surface area contributed by atoms with Crippen LogP contribution in [0.3, 0.4) is 0 Å². The number of allylic oxidation sites excluding steroid dienone is 1. The third-order valence-electron chi connectivity index (χ3n) is 11.7. The van der Waals surface area contributed by atoms with Crippen LogP contribution in [-0.2, 0) is 9.47 Å². The second-order valence-corrected chi connectivity index (χ2v) is 14.1. The predicted octanol–water partition coefficient (Wildman–Crippen LogP) is 8.94. The Morgan fingerprint density at radius 3 is 2.59 bits per heavy atom. The Balaban J connectivity index is 1.24. The predicted molar refractivity (Wildman–Crippen MR) is 142 cm³/mol. The smallest absolute Gasteiger partial charge is 0.157 e. The van der Waals surface area contributed by atoms with Crippen molar-refractivity contribution in [1.29, 1.82) is 0 Å². The van der Waals surface area contributed by atoms with Crippen LogP contribution in [-0.4, -0.2) is 19.0 Å². The molecule has 0 aromatic heterocycles. The second-order valence-electron chi connectivity index (χ2n) is 14.1. The summed E-state index contributed by atoms with van der Waals surface area (Å²) in [5.74, 6) is 5.53. The first-order chi connectivity index (χ1) is 16.3. The normalized spacial score (nSPS) is 45.3. The molecule has 5 aliphatic rings. The van der Waals surface area contributed by atoms with Gasteiger partial charge in [-0.3, -0.25) is 0 Å². The molecule has 0 radical (unpaired) electrons. The number of hydrogen-bond donors (Lipinski definition) is 0. The summed E-state index contributed by atoms with van der Waals surface area (Å²) < 4.78 is 12.4. The van der Waals surface area contributed by atoms with E-state index >= 15 is 0 Å². The van der Waals surface area contributed by atoms with Crippen molar-refractivity contribution in [1.82, 2.24) is 0 Å². The maximum atomic E-state index is 6.47. The van der Waals surface area contributed by atoms with Gasteiger partial charge in [0.15, 0.2) is 6.29 Å². The van der Waals surface area contributed by atoms with E-state index in [-0.39, 0.29) is 6.29 Å². The highest BCUT2D eigenvalue weighted by Gasteiger charge is 2.59. The van der Waals surface area contributed by atoms with Crippen LogP contribution < -0.4 is 0 Å². The van der Waals surface area contributed by atoms with Gasteiger partial charge in [-0.25, -0.2) is 0 Å². The van der Waals surface area contributed by atoms with Gasteiger partial charge in [-0.1, -0.05) is 65.5 Å². The standard InChI is InChI=1S/C32H54O2/c1-22(2)9-8-10-23(3)27-14-15-28-26-13-12-24-21-25(34-30-11-6-7-20-33-30)16-18-31(24,4)29(26)17-19-32(27,28)5/h12,22-23,25-30H,6-11,13-21H2,1-5H3/t23-,25-,26+,27-,28+,29+,30-,31-,32+/m0/s1. The molecule has 0 bridgehead atoms. The average Bonchev–Trinajstić information content (AvgIpc) is 3.17. The van der Waals surface area contributed by atoms with Gasteiger partial charge in [0.2, 0.25) is 0 Å². The lowest BCUT2D eigenvalue weighted by molar-refractivity contribution is -0.195. The van der Waals surface area contributed by atoms with Gasteiger partial charge < -0.3 is 9.47 Å². The van der Waals surface area contributed by atoms with Crippen molar-refractivity contribution in [2.75, 3.05) is 6.61 Å². The summed E-state index contributed by atoms with van der Waals surface area (Å²) in [6, 6.07) is 0. The van der Waals surface area contributed by atoms with Gasteiger partial charge >= 0.3 is 0 Å². The number of fused-ring (bicyclic) bond motifs is 5. The summed E-state index contributed by atoms with van der Waals surface area (Å²) in [7, 11) is 0. The Hall–Kier alpha value is -0.340. The van der Waals surface area contributed by atoms with Gasteiger partial charge in [0.05, 0.1) is 6.10 Å². The lowest BCUT2D eigenvalue weighted by Crippen LogP contribution is -2.51. The number of ether oxygens (including phenoxy) is 2. The van der Waals surface area contributed by atoms with E-state index in [9.17, 15) is 0 Å². The van der Waals surface area contributed by atoms with Gasteiger partial charge in [0.25, 0.3) is 0 Å². The number of hydrogen-bond acceptors (Lipinski definition) is 2. The van der Waals surface area contributed by atoms with Crippen LogP contribution in [0.15, 0.2) is 11.6 Å². The monoisotopic (exact) mass is 470 g/mol. The molecule has 0 unspecified atom stereocenters. The maximum Gasteiger partial charge on any atom is 0.157 e. The van der Waals surface area contributed by atoms with E-state index in [1.165, 1.54) is 77.0 Å². The van der Waals surface area contributed by atoms with Gasteiger partial charge in [0.1, 0.15) is 0 Å². The van der Waals surface area contributed by atoms with Gasteiger partial charge in [-0.15, -0.1) is 0 Å². The zero-order valence-corrected chi connectivity index (χ0v) is 23.1. The van der Waals surface area contributed by atoms with Crippen molar-refractivity contribution in [3.63, 3.8) is 0 Å². The van der Waals surface area contributed by atoms with Crippen LogP contribution in [0, 0.1) is 46.3 Å². The fourth-order valence-corrected chi connectivity index (χ4v) is 9.80. The van der Waals surface area contributed by atoms with Crippen LogP contribution in [0.5, 0.6) is 0 Å². The minimum Gasteiger partial charge on any atom is -0.353 e. The van der Waals surface area contributed by atoms with E-state index in [1.807, 2.05) is 0 Å². The van der Waals surface area contributed by atoms with E-state index in [0.29, 0.717) is 16.9 Å². The summed E-state index contributed by atoms with van der Waals surface area (Å²) in [5.41, 5.74) is 2.78. The summed E-state index contributed by atoms with van der Waals surface area (Å²) in [6.45, 7) is 13.6. The Morgan fingerprint density at radius 2 is 1.82 bits per heavy atom. The van der Waals surface area contributed by atoms with E-state index in [0.717, 1.165) is 55.0 Å². The Morgan fingerprint density at radius 1 is 0.971 bits per heavy atom. The molecule has 4 aliphatic carbocycles. The topological polar surface area (TPSA) is 18.5 Å². The fourth-order valence-electron chi connectivity index (χ4n) is 9.80. The summed E-state index contributed by atoms with van der Waals surface area (Å²) >= 11 is 0. The van der Waals surface area contributed by atoms with Gasteiger partial charge in [-0.2, -0.15) is 0 Å². The first-order valence-corrected chi connectivity index (χ1v) is 15.3. The molecule has 4 fully saturated rings. The van der Waals surface area contributed by atoms with Crippen molar-refractivity contribution < 1.29 is 9.47 Å². The van der Waals surface area contributed by atoms with Crippen molar-refractivity contribution in [3.8, 4) is 0 Å². The van der Waals surface area contributed by atoms with Gasteiger partial charge in [-0.05, 0) is 117 Å². The van der Waals surface area contributed by atoms with E-state index < -0.39 is 0 Å². The van der Waals surface area contributed by atoms with Crippen LogP contribution >= 0.6 is 0 Å². The van der Waals surface area contributed by atoms with Crippen molar-refractivity contribution in [3.05, 3.63) is 11.6 Å². The molecule has 0 N–H and O–H groups in total. The van der Waals surface area contributed by atoms with E-state index in [4.69, 9.17) is 9.47 Å². The molecule has 34 heavy (non-hydrogen) atoms. The molecule has 1 aliphatic heterocycles. The highest BCUT2D eigenvalue weighted by Crippen LogP contribution is 2.67. The molecule has 5 rings (SSSR count). The fraction of sp³-hybridized carbons (Fsp3) is 0.938. The van der Waals surface area contributed by atoms with Gasteiger partial charge in [0, 0.05) is 6.61 Å². The molecule has 2 nitrogen and oxygen atoms in total. The molecule has 0 spiro atoms. The first-order valence-electron chi connectivity index (χ1n) is 15.3. The summed E-state index contributed by atoms with van der Waals surface area (Å²) in [4.78, 5) is 0. The molecule has 3 saturated carbocycles. The third-order valence-corrected chi connectivity index (χ3v) is 11.7. The lowest BCUT2D eigenvalue weighted by Gasteiger charge is -2.58. The highest BCUT2D eigenvalue weighted by atomic mass is 16.7. The molecule has 0 aromatic rings. The van der Waals surface area contributed by atoms with E-state index in [2.05, 4.69) is 40.7 Å². The summed E-state index contributed by atoms with van der Waals surface area (Å²) in [5, 5.41) is 0. The maximum absolute atomic E-state index is 6.47. The van der Waals surface area contributed by atoms with Crippen molar-refractivity contribution in [2.45, 2.75) is 137 Å². The molecule has 1 heterocycles. The molecule has 0 aromatic carbocycles. The molecule has 2 heteroatoms.